The molecule has 0 aliphatic rings. The van der Waals surface area contributed by atoms with Crippen LogP contribution in [0.25, 0.3) is 11.0 Å². The van der Waals surface area contributed by atoms with Crippen molar-refractivity contribution in [1.82, 2.24) is 0 Å². The van der Waals surface area contributed by atoms with E-state index >= 15 is 0 Å². The molecule has 0 unspecified atom stereocenters. The van der Waals surface area contributed by atoms with Crippen LogP contribution in [0.15, 0.2) is 82.1 Å². The van der Waals surface area contributed by atoms with Crippen LogP contribution in [-0.4, -0.2) is 26.8 Å². The second-order valence-corrected chi connectivity index (χ2v) is 8.59. The van der Waals surface area contributed by atoms with Gasteiger partial charge in [-0.25, -0.2) is 22.0 Å². The maximum atomic E-state index is 13.3. The number of benzene rings is 3. The molecule has 168 valence electrons. The SMILES string of the molecule is O=C(OCC(=O)c1cc2ccccc2o1)c1ccc(NS(=O)(=O)c2ccc(F)c(F)c2)cc1. The maximum absolute atomic E-state index is 13.3. The number of esters is 1. The Morgan fingerprint density at radius 2 is 1.64 bits per heavy atom. The van der Waals surface area contributed by atoms with Crippen molar-refractivity contribution in [3.8, 4) is 0 Å². The molecule has 10 heteroatoms. The molecular formula is C23H15F2NO6S. The van der Waals surface area contributed by atoms with E-state index in [1.54, 1.807) is 30.3 Å². The lowest BCUT2D eigenvalue weighted by atomic mass is 10.2. The van der Waals surface area contributed by atoms with Crippen molar-refractivity contribution >= 4 is 38.4 Å². The number of Topliss-reactive ketones (excluding diaryl/α,β-unsaturated/α-hetero) is 1. The predicted molar refractivity (Wildman–Crippen MR) is 114 cm³/mol. The van der Waals surface area contributed by atoms with Crippen LogP contribution in [0, 0.1) is 11.6 Å². The van der Waals surface area contributed by atoms with E-state index in [0.717, 1.165) is 11.5 Å². The Hall–Kier alpha value is -4.05. The Morgan fingerprint density at radius 1 is 0.909 bits per heavy atom. The minimum absolute atomic E-state index is 0.0611. The summed E-state index contributed by atoms with van der Waals surface area (Å²) < 4.78 is 63.6. The van der Waals surface area contributed by atoms with Crippen LogP contribution in [0.4, 0.5) is 14.5 Å². The Balaban J connectivity index is 1.38. The molecule has 0 saturated carbocycles. The number of sulfonamides is 1. The number of anilines is 1. The molecule has 0 radical (unpaired) electrons. The highest BCUT2D eigenvalue weighted by molar-refractivity contribution is 7.92. The average molecular weight is 471 g/mol. The minimum atomic E-state index is -4.18. The normalized spacial score (nSPS) is 11.3. The van der Waals surface area contributed by atoms with E-state index in [9.17, 15) is 26.8 Å². The van der Waals surface area contributed by atoms with Gasteiger partial charge < -0.3 is 9.15 Å². The minimum Gasteiger partial charge on any atom is -0.454 e. The smallest absolute Gasteiger partial charge is 0.338 e. The van der Waals surface area contributed by atoms with Crippen LogP contribution in [0.3, 0.4) is 0 Å². The van der Waals surface area contributed by atoms with Gasteiger partial charge in [-0.05, 0) is 54.6 Å². The molecule has 1 heterocycles. The molecule has 3 aromatic carbocycles. The third kappa shape index (κ3) is 4.90. The second-order valence-electron chi connectivity index (χ2n) is 6.91. The molecule has 4 rings (SSSR count). The van der Waals surface area contributed by atoms with E-state index in [4.69, 9.17) is 9.15 Å². The standard InChI is InChI=1S/C23H15F2NO6S/c24-18-10-9-17(12-19(18)25)33(29,30)26-16-7-5-14(6-8-16)23(28)31-13-20(27)22-11-15-3-1-2-4-21(15)32-22/h1-12,26H,13H2. The van der Waals surface area contributed by atoms with Crippen molar-refractivity contribution in [3.05, 3.63) is 95.8 Å². The van der Waals surface area contributed by atoms with Crippen LogP contribution < -0.4 is 4.72 Å². The summed E-state index contributed by atoms with van der Waals surface area (Å²) in [5.74, 6) is -3.72. The molecule has 0 atom stereocenters. The first-order valence-corrected chi connectivity index (χ1v) is 11.0. The lowest BCUT2D eigenvalue weighted by Crippen LogP contribution is -2.15. The first-order valence-electron chi connectivity index (χ1n) is 9.50. The van der Waals surface area contributed by atoms with Gasteiger partial charge in [0.25, 0.3) is 10.0 Å². The van der Waals surface area contributed by atoms with Gasteiger partial charge in [-0.1, -0.05) is 18.2 Å². The van der Waals surface area contributed by atoms with Gasteiger partial charge in [0.2, 0.25) is 5.78 Å². The summed E-state index contributed by atoms with van der Waals surface area (Å²) >= 11 is 0. The van der Waals surface area contributed by atoms with Gasteiger partial charge in [0.1, 0.15) is 5.58 Å². The van der Waals surface area contributed by atoms with Crippen molar-refractivity contribution in [2.24, 2.45) is 0 Å². The largest absolute Gasteiger partial charge is 0.454 e. The lowest BCUT2D eigenvalue weighted by molar-refractivity contribution is 0.0468. The molecule has 4 aromatic rings. The number of ether oxygens (including phenoxy) is 1. The Morgan fingerprint density at radius 3 is 2.33 bits per heavy atom. The zero-order valence-electron chi connectivity index (χ0n) is 16.7. The van der Waals surface area contributed by atoms with E-state index < -0.39 is 44.9 Å². The van der Waals surface area contributed by atoms with Gasteiger partial charge in [-0.15, -0.1) is 0 Å². The zero-order chi connectivity index (χ0) is 23.6. The van der Waals surface area contributed by atoms with Crippen LogP contribution in [0.5, 0.6) is 0 Å². The number of hydrogen-bond acceptors (Lipinski definition) is 6. The maximum Gasteiger partial charge on any atom is 0.338 e. The summed E-state index contributed by atoms with van der Waals surface area (Å²) in [6.07, 6.45) is 0. The van der Waals surface area contributed by atoms with Crippen LogP contribution >= 0.6 is 0 Å². The van der Waals surface area contributed by atoms with Crippen LogP contribution in [0.1, 0.15) is 20.9 Å². The summed E-state index contributed by atoms with van der Waals surface area (Å²) in [4.78, 5) is 24.0. The number of halogens is 2. The highest BCUT2D eigenvalue weighted by atomic mass is 32.2. The van der Waals surface area contributed by atoms with Gasteiger partial charge in [0, 0.05) is 11.1 Å². The number of nitrogens with one attached hydrogen (secondary N) is 1. The third-order valence-electron chi connectivity index (χ3n) is 4.61. The van der Waals surface area contributed by atoms with Crippen LogP contribution in [-0.2, 0) is 14.8 Å². The highest BCUT2D eigenvalue weighted by Gasteiger charge is 2.18. The number of rotatable bonds is 7. The average Bonchev–Trinajstić information content (AvgIpc) is 3.24. The van der Waals surface area contributed by atoms with Gasteiger partial charge in [0.15, 0.2) is 24.0 Å². The fourth-order valence-electron chi connectivity index (χ4n) is 2.94. The van der Waals surface area contributed by atoms with Crippen molar-refractivity contribution in [2.75, 3.05) is 11.3 Å². The first-order chi connectivity index (χ1) is 15.7. The Labute approximate surface area is 186 Å². The van der Waals surface area contributed by atoms with E-state index in [2.05, 4.69) is 4.72 Å². The quantitative estimate of drug-likeness (QED) is 0.313. The van der Waals surface area contributed by atoms with Crippen LogP contribution in [0.2, 0.25) is 0 Å². The molecular weight excluding hydrogens is 456 g/mol. The summed E-state index contributed by atoms with van der Waals surface area (Å²) in [7, 11) is -4.18. The van der Waals surface area contributed by atoms with Gasteiger partial charge in [-0.2, -0.15) is 0 Å². The molecule has 0 bridgehead atoms. The number of ketones is 1. The predicted octanol–water partition coefficient (Wildman–Crippen LogP) is 4.55. The van der Waals surface area contributed by atoms with Crippen molar-refractivity contribution < 1.29 is 35.9 Å². The van der Waals surface area contributed by atoms with E-state index in [1.807, 2.05) is 0 Å². The molecule has 33 heavy (non-hydrogen) atoms. The molecule has 0 aliphatic heterocycles. The Bertz CT molecular complexity index is 1430. The summed E-state index contributed by atoms with van der Waals surface area (Å²) in [6, 6.07) is 15.9. The van der Waals surface area contributed by atoms with Gasteiger partial charge in [0.05, 0.1) is 10.5 Å². The van der Waals surface area contributed by atoms with E-state index in [1.165, 1.54) is 24.3 Å². The highest BCUT2D eigenvalue weighted by Crippen LogP contribution is 2.21. The monoisotopic (exact) mass is 471 g/mol. The summed E-state index contributed by atoms with van der Waals surface area (Å²) in [5.41, 5.74) is 0.686. The number of carbonyl (C=O) groups is 2. The molecule has 0 saturated heterocycles. The molecule has 0 amide bonds. The fraction of sp³-hybridized carbons (Fsp3) is 0.0435. The van der Waals surface area contributed by atoms with Gasteiger partial charge in [-0.3, -0.25) is 9.52 Å². The topological polar surface area (TPSA) is 103 Å². The third-order valence-corrected chi connectivity index (χ3v) is 5.99. The Kier molecular flexibility index (Phi) is 5.93. The number of para-hydroxylation sites is 1. The fourth-order valence-corrected chi connectivity index (χ4v) is 4.01. The number of hydrogen-bond donors (Lipinski definition) is 1. The summed E-state index contributed by atoms with van der Waals surface area (Å²) in [5, 5.41) is 0.744. The molecule has 0 aliphatic carbocycles. The lowest BCUT2D eigenvalue weighted by Gasteiger charge is -2.09. The first kappa shape index (κ1) is 22.2. The molecule has 1 aromatic heterocycles. The number of carbonyl (C=O) groups excluding carboxylic acids is 2. The number of fused-ring (bicyclic) bond motifs is 1. The zero-order valence-corrected chi connectivity index (χ0v) is 17.6. The molecule has 0 spiro atoms. The van der Waals surface area contributed by atoms with Crippen molar-refractivity contribution in [3.63, 3.8) is 0 Å². The second kappa shape index (κ2) is 8.83. The van der Waals surface area contributed by atoms with Crippen molar-refractivity contribution in [2.45, 2.75) is 4.90 Å². The molecule has 0 fully saturated rings. The number of furan rings is 1. The molecule has 1 N–H and O–H groups in total. The van der Waals surface area contributed by atoms with Gasteiger partial charge >= 0.3 is 5.97 Å². The van der Waals surface area contributed by atoms with Crippen molar-refractivity contribution in [1.29, 1.82) is 0 Å². The van der Waals surface area contributed by atoms with E-state index in [-0.39, 0.29) is 17.0 Å². The molecule has 7 nitrogen and oxygen atoms in total. The van der Waals surface area contributed by atoms with E-state index in [0.29, 0.717) is 17.7 Å². The summed E-state index contributed by atoms with van der Waals surface area (Å²) in [6.45, 7) is -0.539.